The van der Waals surface area contributed by atoms with Crippen LogP contribution in [0.5, 0.6) is 0 Å². The van der Waals surface area contributed by atoms with E-state index in [1.807, 2.05) is 23.7 Å². The van der Waals surface area contributed by atoms with Crippen molar-refractivity contribution in [1.82, 2.24) is 29.7 Å². The highest BCUT2D eigenvalue weighted by atomic mass is 16.5. The fourth-order valence-electron chi connectivity index (χ4n) is 4.68. The molecule has 0 spiro atoms. The number of methoxy groups -OCH3 is 1. The van der Waals surface area contributed by atoms with Gasteiger partial charge in [-0.25, -0.2) is 15.0 Å². The predicted molar refractivity (Wildman–Crippen MR) is 134 cm³/mol. The van der Waals surface area contributed by atoms with Gasteiger partial charge in [0.1, 0.15) is 23.2 Å². The lowest BCUT2D eigenvalue weighted by Crippen LogP contribution is -2.44. The summed E-state index contributed by atoms with van der Waals surface area (Å²) in [6, 6.07) is 2.62. The molecule has 0 saturated carbocycles. The molecule has 2 atom stereocenters. The Hall–Kier alpha value is -3.31. The SMILES string of the molecule is COC[C@H](C)n1c(-c2c[n+]3c(C)[nH]nc3c(NC(C)C)n2)nc2cnc(N3CCOC[C@@H]3C)cc21. The second-order valence-corrected chi connectivity index (χ2v) is 9.53. The fraction of sp³-hybridized carbons (Fsp3) is 0.542. The van der Waals surface area contributed by atoms with Crippen molar-refractivity contribution in [2.75, 3.05) is 43.7 Å². The molecule has 5 heterocycles. The van der Waals surface area contributed by atoms with Crippen LogP contribution in [0.1, 0.15) is 39.6 Å². The molecular weight excluding hydrogens is 446 g/mol. The number of ether oxygens (including phenoxy) is 2. The summed E-state index contributed by atoms with van der Waals surface area (Å²) in [5.74, 6) is 3.31. The zero-order chi connectivity index (χ0) is 24.7. The molecule has 35 heavy (non-hydrogen) atoms. The number of rotatable bonds is 7. The second kappa shape index (κ2) is 9.38. The van der Waals surface area contributed by atoms with Crippen molar-refractivity contribution in [3.8, 4) is 11.5 Å². The van der Waals surface area contributed by atoms with Crippen LogP contribution < -0.4 is 14.6 Å². The van der Waals surface area contributed by atoms with Gasteiger partial charge in [0.25, 0.3) is 0 Å². The normalized spacial score (nSPS) is 17.6. The molecule has 5 rings (SSSR count). The average molecular weight is 481 g/mol. The van der Waals surface area contributed by atoms with Crippen molar-refractivity contribution in [2.45, 2.75) is 52.7 Å². The summed E-state index contributed by atoms with van der Waals surface area (Å²) < 4.78 is 15.4. The standard InChI is InChI=1S/C24H33N9O2/c1-14(2)26-22-24-30-29-17(5)32(24)11-19(27-22)23-28-18-10-25-21(31-7-8-35-13-15(31)3)9-20(18)33(23)16(4)12-34-6/h9-11,14-16H,7-8,12-13H2,1-6H3,(H,26,27)/p+1/t15-,16-/m0/s1. The zero-order valence-corrected chi connectivity index (χ0v) is 21.2. The van der Waals surface area contributed by atoms with E-state index in [0.29, 0.717) is 25.6 Å². The molecule has 0 bridgehead atoms. The van der Waals surface area contributed by atoms with Crippen LogP contribution in [0, 0.1) is 6.92 Å². The van der Waals surface area contributed by atoms with Crippen LogP contribution in [0.2, 0.25) is 0 Å². The molecule has 1 saturated heterocycles. The van der Waals surface area contributed by atoms with Gasteiger partial charge < -0.3 is 24.3 Å². The van der Waals surface area contributed by atoms with E-state index in [1.54, 1.807) is 7.11 Å². The van der Waals surface area contributed by atoms with Gasteiger partial charge in [0.05, 0.1) is 43.6 Å². The number of aromatic nitrogens is 7. The number of aromatic amines is 1. The Bertz CT molecular complexity index is 1350. The van der Waals surface area contributed by atoms with Gasteiger partial charge in [-0.2, -0.15) is 4.40 Å². The first-order valence-corrected chi connectivity index (χ1v) is 12.1. The lowest BCUT2D eigenvalue weighted by Gasteiger charge is -2.34. The number of imidazole rings is 1. The minimum Gasteiger partial charge on any atom is -0.383 e. The summed E-state index contributed by atoms with van der Waals surface area (Å²) >= 11 is 0. The molecule has 1 aliphatic rings. The second-order valence-electron chi connectivity index (χ2n) is 9.53. The third-order valence-corrected chi connectivity index (χ3v) is 6.34. The Morgan fingerprint density at radius 3 is 2.89 bits per heavy atom. The van der Waals surface area contributed by atoms with Crippen molar-refractivity contribution in [2.24, 2.45) is 0 Å². The van der Waals surface area contributed by atoms with Gasteiger partial charge in [0.2, 0.25) is 11.6 Å². The van der Waals surface area contributed by atoms with Gasteiger partial charge in [-0.1, -0.05) is 0 Å². The highest BCUT2D eigenvalue weighted by Gasteiger charge is 2.26. The molecule has 1 fully saturated rings. The molecule has 1 aliphatic heterocycles. The van der Waals surface area contributed by atoms with E-state index in [9.17, 15) is 0 Å². The Labute approximate surface area is 204 Å². The molecule has 0 aromatic carbocycles. The van der Waals surface area contributed by atoms with E-state index < -0.39 is 0 Å². The maximum Gasteiger partial charge on any atom is 0.348 e. The lowest BCUT2D eigenvalue weighted by molar-refractivity contribution is -0.519. The van der Waals surface area contributed by atoms with Gasteiger partial charge in [0.15, 0.2) is 5.82 Å². The topological polar surface area (TPSA) is 110 Å². The highest BCUT2D eigenvalue weighted by molar-refractivity contribution is 5.82. The number of anilines is 2. The fourth-order valence-corrected chi connectivity index (χ4v) is 4.68. The quantitative estimate of drug-likeness (QED) is 0.388. The van der Waals surface area contributed by atoms with Gasteiger partial charge in [-0.3, -0.25) is 0 Å². The molecule has 0 amide bonds. The Balaban J connectivity index is 1.70. The summed E-state index contributed by atoms with van der Waals surface area (Å²) in [5, 5.41) is 10.9. The number of nitrogens with one attached hydrogen (secondary N) is 2. The van der Waals surface area contributed by atoms with Crippen LogP contribution in [-0.4, -0.2) is 75.3 Å². The van der Waals surface area contributed by atoms with Crippen LogP contribution in [0.4, 0.5) is 11.6 Å². The van der Waals surface area contributed by atoms with Crippen LogP contribution in [0.25, 0.3) is 28.2 Å². The summed E-state index contributed by atoms with van der Waals surface area (Å²) in [6.07, 6.45) is 3.84. The maximum absolute atomic E-state index is 5.63. The third-order valence-electron chi connectivity index (χ3n) is 6.34. The number of pyridine rings is 1. The number of aryl methyl sites for hydroxylation is 1. The molecule has 11 heteroatoms. The number of hydrogen-bond donors (Lipinski definition) is 2. The minimum atomic E-state index is 0.0341. The highest BCUT2D eigenvalue weighted by Crippen LogP contribution is 2.31. The molecule has 186 valence electrons. The Morgan fingerprint density at radius 2 is 2.14 bits per heavy atom. The van der Waals surface area contributed by atoms with Gasteiger partial charge in [0, 0.05) is 37.8 Å². The smallest absolute Gasteiger partial charge is 0.348 e. The number of hydrogen-bond acceptors (Lipinski definition) is 8. The van der Waals surface area contributed by atoms with E-state index in [2.05, 4.69) is 58.7 Å². The monoisotopic (exact) mass is 480 g/mol. The average Bonchev–Trinajstić information content (AvgIpc) is 3.39. The molecule has 4 aromatic heterocycles. The molecule has 2 N–H and O–H groups in total. The third kappa shape index (κ3) is 4.30. The molecular formula is C24H34N9O2+. The van der Waals surface area contributed by atoms with Crippen LogP contribution in [-0.2, 0) is 9.47 Å². The van der Waals surface area contributed by atoms with Crippen molar-refractivity contribution >= 4 is 28.3 Å². The molecule has 11 nitrogen and oxygen atoms in total. The van der Waals surface area contributed by atoms with Crippen LogP contribution in [0.15, 0.2) is 18.5 Å². The Morgan fingerprint density at radius 1 is 1.31 bits per heavy atom. The largest absolute Gasteiger partial charge is 0.383 e. The van der Waals surface area contributed by atoms with E-state index in [-0.39, 0.29) is 18.1 Å². The van der Waals surface area contributed by atoms with Gasteiger partial charge >= 0.3 is 5.65 Å². The summed E-state index contributed by atoms with van der Waals surface area (Å²) in [5.41, 5.74) is 3.32. The first-order chi connectivity index (χ1) is 16.9. The van der Waals surface area contributed by atoms with Crippen molar-refractivity contribution < 1.29 is 13.9 Å². The number of nitrogens with zero attached hydrogens (tertiary/aromatic N) is 7. The van der Waals surface area contributed by atoms with Crippen molar-refractivity contribution in [3.63, 3.8) is 0 Å². The predicted octanol–water partition coefficient (Wildman–Crippen LogP) is 2.52. The minimum absolute atomic E-state index is 0.0341. The first kappa shape index (κ1) is 23.4. The molecule has 0 aliphatic carbocycles. The number of morpholine rings is 1. The summed E-state index contributed by atoms with van der Waals surface area (Å²) in [4.78, 5) is 17.0. The Kier molecular flexibility index (Phi) is 6.28. The van der Waals surface area contributed by atoms with E-state index >= 15 is 0 Å². The first-order valence-electron chi connectivity index (χ1n) is 12.1. The number of fused-ring (bicyclic) bond motifs is 2. The molecule has 0 radical (unpaired) electrons. The molecule has 4 aromatic rings. The lowest BCUT2D eigenvalue weighted by atomic mass is 10.2. The van der Waals surface area contributed by atoms with E-state index in [4.69, 9.17) is 24.4 Å². The van der Waals surface area contributed by atoms with Crippen LogP contribution in [0.3, 0.4) is 0 Å². The van der Waals surface area contributed by atoms with E-state index in [1.165, 1.54) is 0 Å². The number of H-pyrrole nitrogens is 1. The molecule has 0 unspecified atom stereocenters. The maximum atomic E-state index is 5.63. The van der Waals surface area contributed by atoms with Gasteiger partial charge in [-0.05, 0) is 27.7 Å². The van der Waals surface area contributed by atoms with Crippen molar-refractivity contribution in [1.29, 1.82) is 0 Å². The van der Waals surface area contributed by atoms with E-state index in [0.717, 1.165) is 46.4 Å². The van der Waals surface area contributed by atoms with Crippen molar-refractivity contribution in [3.05, 3.63) is 24.3 Å². The summed E-state index contributed by atoms with van der Waals surface area (Å²) in [6.45, 7) is 13.2. The van der Waals surface area contributed by atoms with Gasteiger partial charge in [-0.15, -0.1) is 5.10 Å². The summed E-state index contributed by atoms with van der Waals surface area (Å²) in [7, 11) is 1.72. The zero-order valence-electron chi connectivity index (χ0n) is 21.2. The van der Waals surface area contributed by atoms with Crippen LogP contribution >= 0.6 is 0 Å².